The van der Waals surface area contributed by atoms with Crippen molar-refractivity contribution in [2.45, 2.75) is 0 Å². The minimum Gasteiger partial charge on any atom is -0.454 e. The van der Waals surface area contributed by atoms with Gasteiger partial charge in [0.15, 0.2) is 16.7 Å². The number of thioether (sulfide) groups is 1. The molecule has 1 aromatic carbocycles. The van der Waals surface area contributed by atoms with Gasteiger partial charge in [0.05, 0.1) is 19.9 Å². The van der Waals surface area contributed by atoms with Crippen LogP contribution in [0.5, 0.6) is 11.5 Å². The van der Waals surface area contributed by atoms with Gasteiger partial charge < -0.3 is 14.2 Å². The average Bonchev–Trinajstić information content (AvgIpc) is 3.22. The molecule has 0 saturated carbocycles. The van der Waals surface area contributed by atoms with Gasteiger partial charge in [-0.2, -0.15) is 0 Å². The van der Waals surface area contributed by atoms with Crippen LogP contribution in [0, 0.1) is 0 Å². The van der Waals surface area contributed by atoms with Crippen LogP contribution in [-0.2, 0) is 9.53 Å². The lowest BCUT2D eigenvalue weighted by Crippen LogP contribution is -2.46. The molecular weight excluding hydrogens is 342 g/mol. The summed E-state index contributed by atoms with van der Waals surface area (Å²) in [5.74, 6) is 1.34. The summed E-state index contributed by atoms with van der Waals surface area (Å²) < 4.78 is 16.1. The molecule has 8 heteroatoms. The molecule has 0 radical (unpaired) electrons. The van der Waals surface area contributed by atoms with Crippen LogP contribution in [0.2, 0.25) is 0 Å². The molecular formula is C17H19N3O4S. The lowest BCUT2D eigenvalue weighted by Gasteiger charge is -2.30. The highest BCUT2D eigenvalue weighted by Crippen LogP contribution is 2.33. The molecule has 0 aromatic heterocycles. The van der Waals surface area contributed by atoms with Crippen LogP contribution < -0.4 is 9.47 Å². The second-order valence-corrected chi connectivity index (χ2v) is 6.62. The zero-order chi connectivity index (χ0) is 17.2. The van der Waals surface area contributed by atoms with E-state index in [9.17, 15) is 4.79 Å². The Hall–Kier alpha value is -2.03. The second kappa shape index (κ2) is 7.07. The van der Waals surface area contributed by atoms with E-state index in [1.54, 1.807) is 11.0 Å². The Morgan fingerprint density at radius 2 is 2.04 bits per heavy atom. The van der Waals surface area contributed by atoms with Gasteiger partial charge in [-0.25, -0.2) is 4.99 Å². The zero-order valence-electron chi connectivity index (χ0n) is 13.9. The molecule has 1 amide bonds. The fourth-order valence-electron chi connectivity index (χ4n) is 2.91. The molecule has 0 aliphatic carbocycles. The Kier molecular flexibility index (Phi) is 4.65. The van der Waals surface area contributed by atoms with E-state index >= 15 is 0 Å². The van der Waals surface area contributed by atoms with Crippen LogP contribution in [0.15, 0.2) is 28.9 Å². The van der Waals surface area contributed by atoms with E-state index in [1.165, 1.54) is 11.8 Å². The first-order chi connectivity index (χ1) is 12.2. The molecule has 3 aliphatic rings. The molecule has 3 heterocycles. The van der Waals surface area contributed by atoms with Gasteiger partial charge in [-0.3, -0.25) is 14.6 Å². The van der Waals surface area contributed by atoms with Crippen LogP contribution in [-0.4, -0.2) is 66.9 Å². The van der Waals surface area contributed by atoms with Crippen molar-refractivity contribution < 1.29 is 19.0 Å². The average molecular weight is 361 g/mol. The highest BCUT2D eigenvalue weighted by molar-refractivity contribution is 8.13. The third-order valence-electron chi connectivity index (χ3n) is 4.24. The Balaban J connectivity index is 1.54. The van der Waals surface area contributed by atoms with Crippen LogP contribution in [0.25, 0.3) is 6.08 Å². The lowest BCUT2D eigenvalue weighted by molar-refractivity contribution is -0.124. The maximum Gasteiger partial charge on any atom is 0.279 e. The van der Waals surface area contributed by atoms with Crippen molar-refractivity contribution in [1.29, 1.82) is 0 Å². The van der Waals surface area contributed by atoms with Gasteiger partial charge in [0, 0.05) is 13.1 Å². The third kappa shape index (κ3) is 3.37. The molecule has 7 nitrogen and oxygen atoms in total. The second-order valence-electron chi connectivity index (χ2n) is 5.85. The zero-order valence-corrected chi connectivity index (χ0v) is 14.8. The SMILES string of the molecule is CSC1=N/C(=C\c2ccc3c(c2)OCO3)C(=O)N1CN1CCOCC1. The van der Waals surface area contributed by atoms with Crippen LogP contribution in [0.3, 0.4) is 0 Å². The van der Waals surface area contributed by atoms with Crippen molar-refractivity contribution >= 4 is 28.9 Å². The molecule has 0 unspecified atom stereocenters. The van der Waals surface area contributed by atoms with E-state index in [0.29, 0.717) is 31.3 Å². The first-order valence-electron chi connectivity index (χ1n) is 8.10. The standard InChI is InChI=1S/C17H19N3O4S/c1-25-17-18-13(8-12-2-3-14-15(9-12)24-11-23-14)16(21)20(17)10-19-4-6-22-7-5-19/h2-3,8-9H,4-7,10-11H2,1H3/b13-8-. The highest BCUT2D eigenvalue weighted by Gasteiger charge is 2.31. The largest absolute Gasteiger partial charge is 0.454 e. The Morgan fingerprint density at radius 1 is 1.24 bits per heavy atom. The van der Waals surface area contributed by atoms with Crippen molar-refractivity contribution in [3.8, 4) is 11.5 Å². The molecule has 4 rings (SSSR count). The molecule has 0 N–H and O–H groups in total. The van der Waals surface area contributed by atoms with E-state index in [4.69, 9.17) is 14.2 Å². The van der Waals surface area contributed by atoms with Gasteiger partial charge >= 0.3 is 0 Å². The summed E-state index contributed by atoms with van der Waals surface area (Å²) in [4.78, 5) is 21.2. The first kappa shape index (κ1) is 16.4. The smallest absolute Gasteiger partial charge is 0.279 e. The fraction of sp³-hybridized carbons (Fsp3) is 0.412. The van der Waals surface area contributed by atoms with Crippen molar-refractivity contribution in [2.75, 3.05) is 46.0 Å². The molecule has 25 heavy (non-hydrogen) atoms. The van der Waals surface area contributed by atoms with Crippen LogP contribution in [0.1, 0.15) is 5.56 Å². The van der Waals surface area contributed by atoms with Crippen LogP contribution in [0.4, 0.5) is 0 Å². The normalized spacial score (nSPS) is 22.0. The summed E-state index contributed by atoms with van der Waals surface area (Å²) in [6.45, 7) is 3.83. The van der Waals surface area contributed by atoms with Gasteiger partial charge in [-0.05, 0) is 30.0 Å². The lowest BCUT2D eigenvalue weighted by atomic mass is 10.1. The minimum atomic E-state index is -0.0755. The predicted octanol–water partition coefficient (Wildman–Crippen LogP) is 1.61. The number of hydrogen-bond donors (Lipinski definition) is 0. The molecule has 0 spiro atoms. The quantitative estimate of drug-likeness (QED) is 0.762. The van der Waals surface area contributed by atoms with Gasteiger partial charge in [0.2, 0.25) is 6.79 Å². The molecule has 0 atom stereocenters. The molecule has 0 bridgehead atoms. The summed E-state index contributed by atoms with van der Waals surface area (Å²) in [6, 6.07) is 5.60. The summed E-state index contributed by atoms with van der Waals surface area (Å²) in [5, 5.41) is 0.725. The number of carbonyl (C=O) groups excluding carboxylic acids is 1. The number of ether oxygens (including phenoxy) is 3. The summed E-state index contributed by atoms with van der Waals surface area (Å²) >= 11 is 1.48. The van der Waals surface area contributed by atoms with Crippen molar-refractivity contribution in [1.82, 2.24) is 9.80 Å². The summed E-state index contributed by atoms with van der Waals surface area (Å²) in [5.41, 5.74) is 1.31. The van der Waals surface area contributed by atoms with Gasteiger partial charge in [-0.15, -0.1) is 0 Å². The molecule has 1 aromatic rings. The Morgan fingerprint density at radius 3 is 2.84 bits per heavy atom. The molecule has 132 valence electrons. The third-order valence-corrected chi connectivity index (χ3v) is 4.92. The summed E-state index contributed by atoms with van der Waals surface area (Å²) in [6.07, 6.45) is 3.72. The Labute approximate surface area is 150 Å². The van der Waals surface area contributed by atoms with Gasteiger partial charge in [0.25, 0.3) is 5.91 Å². The number of benzene rings is 1. The number of hydrogen-bond acceptors (Lipinski definition) is 7. The van der Waals surface area contributed by atoms with E-state index < -0.39 is 0 Å². The highest BCUT2D eigenvalue weighted by atomic mass is 32.2. The number of rotatable bonds is 3. The van der Waals surface area contributed by atoms with Crippen molar-refractivity contribution in [3.63, 3.8) is 0 Å². The number of morpholine rings is 1. The number of nitrogens with zero attached hydrogens (tertiary/aromatic N) is 3. The summed E-state index contributed by atoms with van der Waals surface area (Å²) in [7, 11) is 0. The number of carbonyl (C=O) groups is 1. The van der Waals surface area contributed by atoms with Crippen LogP contribution >= 0.6 is 11.8 Å². The number of aliphatic imine (C=N–C) groups is 1. The predicted molar refractivity (Wildman–Crippen MR) is 95.6 cm³/mol. The first-order valence-corrected chi connectivity index (χ1v) is 9.33. The van der Waals surface area contributed by atoms with Crippen molar-refractivity contribution in [3.05, 3.63) is 29.5 Å². The molecule has 3 aliphatic heterocycles. The maximum atomic E-state index is 12.8. The molecule has 1 fully saturated rings. The monoisotopic (exact) mass is 361 g/mol. The topological polar surface area (TPSA) is 63.6 Å². The maximum absolute atomic E-state index is 12.8. The number of fused-ring (bicyclic) bond motifs is 1. The van der Waals surface area contributed by atoms with Gasteiger partial charge in [0.1, 0.15) is 5.70 Å². The van der Waals surface area contributed by atoms with Gasteiger partial charge in [-0.1, -0.05) is 17.8 Å². The van der Waals surface area contributed by atoms with E-state index in [-0.39, 0.29) is 12.7 Å². The van der Waals surface area contributed by atoms with E-state index in [0.717, 1.165) is 29.6 Å². The number of amides is 1. The number of amidine groups is 1. The van der Waals surface area contributed by atoms with E-state index in [1.807, 2.05) is 24.5 Å². The van der Waals surface area contributed by atoms with Crippen molar-refractivity contribution in [2.24, 2.45) is 4.99 Å². The Bertz CT molecular complexity index is 743. The van der Waals surface area contributed by atoms with E-state index in [2.05, 4.69) is 9.89 Å². The minimum absolute atomic E-state index is 0.0755. The molecule has 1 saturated heterocycles. The fourth-order valence-corrected chi connectivity index (χ4v) is 3.46.